The number of hydrogen-bond acceptors (Lipinski definition) is 6. The minimum atomic E-state index is -1.05. The number of aliphatic hydroxyl groups is 1. The molecule has 2 aliphatic heterocycles. The molecule has 2 amide bonds. The van der Waals surface area contributed by atoms with Crippen LogP contribution < -0.4 is 15.4 Å². The maximum Gasteiger partial charge on any atom is 0.305 e. The van der Waals surface area contributed by atoms with Crippen molar-refractivity contribution in [2.75, 3.05) is 13.7 Å². The number of carbonyl (C=O) groups is 3. The number of carboxylic acid groups (broad SMARTS) is 1. The van der Waals surface area contributed by atoms with Gasteiger partial charge in [-0.05, 0) is 23.3 Å². The molecule has 1 atom stereocenters. The average molecular weight is 476 g/mol. The van der Waals surface area contributed by atoms with Crippen LogP contribution in [0.15, 0.2) is 89.6 Å². The van der Waals surface area contributed by atoms with Crippen LogP contribution in [0.3, 0.4) is 0 Å². The Morgan fingerprint density at radius 3 is 2.63 bits per heavy atom. The van der Waals surface area contributed by atoms with Crippen molar-refractivity contribution < 1.29 is 29.3 Å². The quantitative estimate of drug-likeness (QED) is 0.462. The lowest BCUT2D eigenvalue weighted by Gasteiger charge is -2.33. The molecule has 0 aromatic heterocycles. The van der Waals surface area contributed by atoms with Gasteiger partial charge in [0.25, 0.3) is 5.91 Å². The van der Waals surface area contributed by atoms with E-state index in [4.69, 9.17) is 9.84 Å². The lowest BCUT2D eigenvalue weighted by molar-refractivity contribution is -0.137. The molecule has 0 spiro atoms. The van der Waals surface area contributed by atoms with Crippen LogP contribution in [-0.4, -0.2) is 46.6 Å². The molecule has 4 N–H and O–H groups in total. The van der Waals surface area contributed by atoms with Gasteiger partial charge in [-0.25, -0.2) is 0 Å². The summed E-state index contributed by atoms with van der Waals surface area (Å²) in [6, 6.07) is 16.4. The molecule has 2 heterocycles. The number of amides is 2. The Hall–Kier alpha value is -4.53. The van der Waals surface area contributed by atoms with Crippen LogP contribution in [0, 0.1) is 0 Å². The first-order chi connectivity index (χ1) is 16.9. The second-order valence-electron chi connectivity index (χ2n) is 8.08. The fourth-order valence-corrected chi connectivity index (χ4v) is 3.99. The minimum Gasteiger partial charge on any atom is -0.505 e. The molecule has 0 radical (unpaired) electrons. The summed E-state index contributed by atoms with van der Waals surface area (Å²) in [4.78, 5) is 38.4. The molecular formula is C26H25N3O6. The Morgan fingerprint density at radius 1 is 1.14 bits per heavy atom. The highest BCUT2D eigenvalue weighted by Gasteiger charge is 2.35. The van der Waals surface area contributed by atoms with E-state index in [1.165, 1.54) is 7.11 Å². The Labute approximate surface area is 202 Å². The van der Waals surface area contributed by atoms with Gasteiger partial charge in [-0.3, -0.25) is 14.4 Å². The van der Waals surface area contributed by atoms with Crippen LogP contribution in [0.5, 0.6) is 5.75 Å². The molecule has 0 saturated carbocycles. The highest BCUT2D eigenvalue weighted by atomic mass is 16.5. The fourth-order valence-electron chi connectivity index (χ4n) is 3.99. The summed E-state index contributed by atoms with van der Waals surface area (Å²) in [6.07, 6.45) is 2.96. The lowest BCUT2D eigenvalue weighted by Crippen LogP contribution is -2.41. The fraction of sp³-hybridized carbons (Fsp3) is 0.192. The van der Waals surface area contributed by atoms with Gasteiger partial charge in [-0.1, -0.05) is 48.5 Å². The van der Waals surface area contributed by atoms with Crippen molar-refractivity contribution in [3.05, 3.63) is 101 Å². The Bertz CT molecular complexity index is 1250. The van der Waals surface area contributed by atoms with Crippen LogP contribution >= 0.6 is 0 Å². The molecule has 2 aromatic rings. The van der Waals surface area contributed by atoms with Crippen molar-refractivity contribution in [1.29, 1.82) is 0 Å². The third kappa shape index (κ3) is 5.19. The van der Waals surface area contributed by atoms with E-state index in [-0.39, 0.29) is 36.9 Å². The predicted molar refractivity (Wildman–Crippen MR) is 127 cm³/mol. The number of aliphatic hydroxyl groups excluding tert-OH is 1. The molecule has 2 aliphatic rings. The number of aliphatic carboxylic acids is 1. The number of fused-ring (bicyclic) bond motifs is 1. The summed E-state index contributed by atoms with van der Waals surface area (Å²) in [5, 5.41) is 25.5. The summed E-state index contributed by atoms with van der Waals surface area (Å²) in [5.41, 5.74) is 2.18. The van der Waals surface area contributed by atoms with E-state index in [0.29, 0.717) is 22.6 Å². The van der Waals surface area contributed by atoms with Crippen molar-refractivity contribution in [3.63, 3.8) is 0 Å². The molecule has 1 unspecified atom stereocenters. The number of hydrogen-bond donors (Lipinski definition) is 4. The van der Waals surface area contributed by atoms with Gasteiger partial charge >= 0.3 is 5.97 Å². The van der Waals surface area contributed by atoms with Gasteiger partial charge < -0.3 is 30.5 Å². The van der Waals surface area contributed by atoms with Crippen molar-refractivity contribution in [3.8, 4) is 5.75 Å². The zero-order valence-electron chi connectivity index (χ0n) is 19.0. The van der Waals surface area contributed by atoms with Crippen LogP contribution in [0.4, 0.5) is 0 Å². The van der Waals surface area contributed by atoms with Crippen molar-refractivity contribution in [2.24, 2.45) is 0 Å². The Morgan fingerprint density at radius 2 is 1.91 bits per heavy atom. The Kier molecular flexibility index (Phi) is 6.86. The number of benzene rings is 2. The van der Waals surface area contributed by atoms with E-state index in [2.05, 4.69) is 10.6 Å². The molecule has 180 valence electrons. The number of rotatable bonds is 8. The van der Waals surface area contributed by atoms with Crippen molar-refractivity contribution in [2.45, 2.75) is 18.9 Å². The van der Waals surface area contributed by atoms with Gasteiger partial charge in [-0.15, -0.1) is 0 Å². The first kappa shape index (κ1) is 23.6. The molecular weight excluding hydrogens is 450 g/mol. The van der Waals surface area contributed by atoms with Crippen molar-refractivity contribution in [1.82, 2.24) is 15.5 Å². The molecule has 0 saturated heterocycles. The average Bonchev–Trinajstić information content (AvgIpc) is 2.84. The number of carboxylic acids is 1. The van der Waals surface area contributed by atoms with Gasteiger partial charge in [0.05, 0.1) is 25.1 Å². The first-order valence-corrected chi connectivity index (χ1v) is 11.0. The SMILES string of the molecule is COc1cccc(C2C=C3C(=CN(Cc4ccccc4)C(C(=O)NCCC(=O)O)=C3O)NC2=O)c1. The van der Waals surface area contributed by atoms with Gasteiger partial charge in [0.15, 0.2) is 5.76 Å². The van der Waals surface area contributed by atoms with Crippen LogP contribution in [-0.2, 0) is 20.9 Å². The topological polar surface area (TPSA) is 128 Å². The number of ether oxygens (including phenoxy) is 1. The summed E-state index contributed by atoms with van der Waals surface area (Å²) in [6.45, 7) is 0.154. The standard InChI is InChI=1S/C26H25N3O6/c1-35-18-9-5-8-17(12-18)19-13-20-21(28-25(19)33)15-29(14-16-6-3-2-4-7-16)23(24(20)32)26(34)27-11-10-22(30)31/h2-9,12-13,15,19,32H,10-11,14H2,1H3,(H,27,34)(H,28,33)(H,30,31). The number of methoxy groups -OCH3 is 1. The summed E-state index contributed by atoms with van der Waals surface area (Å²) >= 11 is 0. The normalized spacial score (nSPS) is 17.1. The molecule has 9 nitrogen and oxygen atoms in total. The summed E-state index contributed by atoms with van der Waals surface area (Å²) < 4.78 is 5.26. The number of carbonyl (C=O) groups excluding carboxylic acids is 2. The van der Waals surface area contributed by atoms with E-state index in [1.54, 1.807) is 41.4 Å². The smallest absolute Gasteiger partial charge is 0.305 e. The van der Waals surface area contributed by atoms with E-state index >= 15 is 0 Å². The zero-order valence-corrected chi connectivity index (χ0v) is 19.0. The molecule has 35 heavy (non-hydrogen) atoms. The zero-order chi connectivity index (χ0) is 24.9. The Balaban J connectivity index is 1.72. The van der Waals surface area contributed by atoms with E-state index in [0.717, 1.165) is 5.56 Å². The second-order valence-corrected chi connectivity index (χ2v) is 8.08. The molecule has 2 aromatic carbocycles. The minimum absolute atomic E-state index is 0.0326. The van der Waals surface area contributed by atoms with Gasteiger partial charge in [0, 0.05) is 24.9 Å². The largest absolute Gasteiger partial charge is 0.505 e. The summed E-state index contributed by atoms with van der Waals surface area (Å²) in [7, 11) is 1.53. The van der Waals surface area contributed by atoms with Gasteiger partial charge in [0.2, 0.25) is 5.91 Å². The molecule has 4 rings (SSSR count). The maximum absolute atomic E-state index is 13.0. The monoisotopic (exact) mass is 475 g/mol. The number of nitrogens with zero attached hydrogens (tertiary/aromatic N) is 1. The highest BCUT2D eigenvalue weighted by molar-refractivity contribution is 5.97. The van der Waals surface area contributed by atoms with Crippen molar-refractivity contribution >= 4 is 17.8 Å². The third-order valence-corrected chi connectivity index (χ3v) is 5.70. The predicted octanol–water partition coefficient (Wildman–Crippen LogP) is 2.55. The first-order valence-electron chi connectivity index (χ1n) is 11.0. The van der Waals surface area contributed by atoms with Crippen LogP contribution in [0.25, 0.3) is 0 Å². The maximum atomic E-state index is 13.0. The van der Waals surface area contributed by atoms with E-state index in [1.807, 2.05) is 30.3 Å². The highest BCUT2D eigenvalue weighted by Crippen LogP contribution is 2.36. The summed E-state index contributed by atoms with van der Waals surface area (Å²) in [5.74, 6) is -2.38. The van der Waals surface area contributed by atoms with Crippen LogP contribution in [0.2, 0.25) is 0 Å². The lowest BCUT2D eigenvalue weighted by atomic mass is 9.89. The van der Waals surface area contributed by atoms with Gasteiger partial charge in [-0.2, -0.15) is 0 Å². The second kappa shape index (κ2) is 10.2. The van der Waals surface area contributed by atoms with E-state index < -0.39 is 17.8 Å². The molecule has 0 bridgehead atoms. The molecule has 0 aliphatic carbocycles. The molecule has 9 heteroatoms. The van der Waals surface area contributed by atoms with Crippen LogP contribution in [0.1, 0.15) is 23.5 Å². The third-order valence-electron chi connectivity index (χ3n) is 5.70. The van der Waals surface area contributed by atoms with E-state index in [9.17, 15) is 19.5 Å². The number of nitrogens with one attached hydrogen (secondary N) is 2. The molecule has 0 fully saturated rings. The van der Waals surface area contributed by atoms with Gasteiger partial charge in [0.1, 0.15) is 11.4 Å².